The fraction of sp³-hybridized carbons (Fsp3) is 0.462. The quantitative estimate of drug-likeness (QED) is 0.583. The van der Waals surface area contributed by atoms with E-state index in [4.69, 9.17) is 4.74 Å². The zero-order chi connectivity index (χ0) is 15.1. The average molecular weight is 282 g/mol. The molecule has 0 heterocycles. The minimum absolute atomic E-state index is 0.114. The van der Waals surface area contributed by atoms with Crippen molar-refractivity contribution in [2.24, 2.45) is 0 Å². The lowest BCUT2D eigenvalue weighted by molar-refractivity contribution is -0.385. The van der Waals surface area contributed by atoms with E-state index in [1.165, 1.54) is 25.1 Å². The zero-order valence-corrected chi connectivity index (χ0v) is 11.5. The molecule has 0 aliphatic rings. The van der Waals surface area contributed by atoms with E-state index in [9.17, 15) is 20.0 Å². The van der Waals surface area contributed by atoms with Gasteiger partial charge in [0.2, 0.25) is 5.91 Å². The SMILES string of the molecule is CCNC(=O)CCOc1ccc([N+](=O)[O-])cc1[C@@H](C)O. The normalized spacial score (nSPS) is 11.8. The number of amides is 1. The highest BCUT2D eigenvalue weighted by atomic mass is 16.6. The van der Waals surface area contributed by atoms with Gasteiger partial charge in [-0.25, -0.2) is 0 Å². The first kappa shape index (κ1) is 15.9. The maximum atomic E-state index is 11.3. The third-order valence-corrected chi connectivity index (χ3v) is 2.61. The van der Waals surface area contributed by atoms with Crippen LogP contribution >= 0.6 is 0 Å². The van der Waals surface area contributed by atoms with Gasteiger partial charge < -0.3 is 15.2 Å². The van der Waals surface area contributed by atoms with Crippen LogP contribution in [0.25, 0.3) is 0 Å². The molecule has 2 N–H and O–H groups in total. The predicted molar refractivity (Wildman–Crippen MR) is 72.5 cm³/mol. The van der Waals surface area contributed by atoms with Crippen molar-refractivity contribution in [2.45, 2.75) is 26.4 Å². The van der Waals surface area contributed by atoms with Crippen molar-refractivity contribution in [3.63, 3.8) is 0 Å². The highest BCUT2D eigenvalue weighted by molar-refractivity contribution is 5.75. The molecule has 0 aliphatic heterocycles. The molecule has 0 spiro atoms. The number of aliphatic hydroxyl groups is 1. The van der Waals surface area contributed by atoms with Crippen molar-refractivity contribution in [3.8, 4) is 5.75 Å². The topological polar surface area (TPSA) is 102 Å². The summed E-state index contributed by atoms with van der Waals surface area (Å²) in [5, 5.41) is 22.9. The second-order valence-electron chi connectivity index (χ2n) is 4.21. The maximum Gasteiger partial charge on any atom is 0.270 e. The molecule has 1 aromatic carbocycles. The highest BCUT2D eigenvalue weighted by Crippen LogP contribution is 2.29. The van der Waals surface area contributed by atoms with Crippen molar-refractivity contribution < 1.29 is 19.6 Å². The molecule has 0 aliphatic carbocycles. The Morgan fingerprint density at radius 3 is 2.80 bits per heavy atom. The van der Waals surface area contributed by atoms with Gasteiger partial charge in [-0.2, -0.15) is 0 Å². The summed E-state index contributed by atoms with van der Waals surface area (Å²) < 4.78 is 5.41. The number of nitrogens with zero attached hydrogens (tertiary/aromatic N) is 1. The molecule has 0 radical (unpaired) electrons. The molecule has 0 unspecified atom stereocenters. The van der Waals surface area contributed by atoms with E-state index in [0.29, 0.717) is 17.9 Å². The Kier molecular flexibility index (Phi) is 5.92. The van der Waals surface area contributed by atoms with Gasteiger partial charge in [0.05, 0.1) is 24.1 Å². The molecule has 0 fully saturated rings. The van der Waals surface area contributed by atoms with Gasteiger partial charge in [-0.05, 0) is 19.9 Å². The van der Waals surface area contributed by atoms with Crippen molar-refractivity contribution in [3.05, 3.63) is 33.9 Å². The molecule has 1 aromatic rings. The van der Waals surface area contributed by atoms with Gasteiger partial charge in [-0.1, -0.05) is 0 Å². The first-order valence-corrected chi connectivity index (χ1v) is 6.31. The fourth-order valence-corrected chi connectivity index (χ4v) is 1.65. The molecule has 0 aromatic heterocycles. The second-order valence-corrected chi connectivity index (χ2v) is 4.21. The summed E-state index contributed by atoms with van der Waals surface area (Å²) in [5.74, 6) is 0.211. The minimum atomic E-state index is -0.894. The molecule has 20 heavy (non-hydrogen) atoms. The summed E-state index contributed by atoms with van der Waals surface area (Å²) in [4.78, 5) is 21.4. The monoisotopic (exact) mass is 282 g/mol. The van der Waals surface area contributed by atoms with Crippen LogP contribution in [0, 0.1) is 10.1 Å². The maximum absolute atomic E-state index is 11.3. The van der Waals surface area contributed by atoms with Crippen LogP contribution in [0.4, 0.5) is 5.69 Å². The number of hydrogen-bond acceptors (Lipinski definition) is 5. The standard InChI is InChI=1S/C13H18N2O5/c1-3-14-13(17)6-7-20-12-5-4-10(15(18)19)8-11(12)9(2)16/h4-5,8-9,16H,3,6-7H2,1-2H3,(H,14,17)/t9-/m1/s1. The van der Waals surface area contributed by atoms with Gasteiger partial charge >= 0.3 is 0 Å². The van der Waals surface area contributed by atoms with Crippen LogP contribution in [-0.2, 0) is 4.79 Å². The lowest BCUT2D eigenvalue weighted by Crippen LogP contribution is -2.24. The number of carbonyl (C=O) groups excluding carboxylic acids is 1. The summed E-state index contributed by atoms with van der Waals surface area (Å²) >= 11 is 0. The molecular formula is C13H18N2O5. The highest BCUT2D eigenvalue weighted by Gasteiger charge is 2.15. The molecule has 110 valence electrons. The number of ether oxygens (including phenoxy) is 1. The molecular weight excluding hydrogens is 264 g/mol. The van der Waals surface area contributed by atoms with Gasteiger partial charge in [0, 0.05) is 24.2 Å². The number of non-ortho nitro benzene ring substituents is 1. The summed E-state index contributed by atoms with van der Waals surface area (Å²) in [6.07, 6.45) is -0.710. The van der Waals surface area contributed by atoms with Gasteiger partial charge in [0.15, 0.2) is 0 Å². The third-order valence-electron chi connectivity index (χ3n) is 2.61. The third kappa shape index (κ3) is 4.51. The van der Waals surface area contributed by atoms with Gasteiger partial charge in [0.1, 0.15) is 5.75 Å². The number of carbonyl (C=O) groups is 1. The van der Waals surface area contributed by atoms with Crippen molar-refractivity contribution >= 4 is 11.6 Å². The van der Waals surface area contributed by atoms with E-state index in [1.807, 2.05) is 6.92 Å². The molecule has 0 bridgehead atoms. The molecule has 0 saturated heterocycles. The van der Waals surface area contributed by atoms with Crippen LogP contribution in [-0.4, -0.2) is 29.1 Å². The number of nitro benzene ring substituents is 1. The Balaban J connectivity index is 2.74. The first-order valence-electron chi connectivity index (χ1n) is 6.31. The fourth-order valence-electron chi connectivity index (χ4n) is 1.65. The minimum Gasteiger partial charge on any atom is -0.493 e. The Bertz CT molecular complexity index is 488. The molecule has 7 heteroatoms. The van der Waals surface area contributed by atoms with E-state index < -0.39 is 11.0 Å². The largest absolute Gasteiger partial charge is 0.493 e. The number of rotatable bonds is 7. The van der Waals surface area contributed by atoms with Crippen LogP contribution < -0.4 is 10.1 Å². The molecule has 1 amide bonds. The lowest BCUT2D eigenvalue weighted by atomic mass is 10.1. The number of nitrogens with one attached hydrogen (secondary N) is 1. The number of aliphatic hydroxyl groups excluding tert-OH is 1. The van der Waals surface area contributed by atoms with Gasteiger partial charge in [-0.3, -0.25) is 14.9 Å². The van der Waals surface area contributed by atoms with Crippen molar-refractivity contribution in [1.29, 1.82) is 0 Å². The molecule has 0 saturated carbocycles. The van der Waals surface area contributed by atoms with Crippen LogP contribution in [0.3, 0.4) is 0 Å². The number of nitro groups is 1. The number of benzene rings is 1. The van der Waals surface area contributed by atoms with Gasteiger partial charge in [0.25, 0.3) is 5.69 Å². The molecule has 7 nitrogen and oxygen atoms in total. The van der Waals surface area contributed by atoms with Crippen LogP contribution in [0.5, 0.6) is 5.75 Å². The predicted octanol–water partition coefficient (Wildman–Crippen LogP) is 1.55. The van der Waals surface area contributed by atoms with E-state index in [-0.39, 0.29) is 24.6 Å². The average Bonchev–Trinajstić information content (AvgIpc) is 2.38. The van der Waals surface area contributed by atoms with Crippen LogP contribution in [0.1, 0.15) is 31.9 Å². The zero-order valence-electron chi connectivity index (χ0n) is 11.5. The van der Waals surface area contributed by atoms with E-state index in [0.717, 1.165) is 0 Å². The Hall–Kier alpha value is -2.15. The van der Waals surface area contributed by atoms with Gasteiger partial charge in [-0.15, -0.1) is 0 Å². The van der Waals surface area contributed by atoms with Crippen LogP contribution in [0.15, 0.2) is 18.2 Å². The van der Waals surface area contributed by atoms with Crippen molar-refractivity contribution in [2.75, 3.05) is 13.2 Å². The smallest absolute Gasteiger partial charge is 0.270 e. The van der Waals surface area contributed by atoms with Crippen LogP contribution in [0.2, 0.25) is 0 Å². The Morgan fingerprint density at radius 2 is 2.25 bits per heavy atom. The Labute approximate surface area is 116 Å². The van der Waals surface area contributed by atoms with Crippen molar-refractivity contribution in [1.82, 2.24) is 5.32 Å². The summed E-state index contributed by atoms with van der Waals surface area (Å²) in [6.45, 7) is 4.01. The summed E-state index contributed by atoms with van der Waals surface area (Å²) in [5.41, 5.74) is 0.215. The lowest BCUT2D eigenvalue weighted by Gasteiger charge is -2.13. The number of hydrogen-bond donors (Lipinski definition) is 2. The molecule has 1 atom stereocenters. The van der Waals surface area contributed by atoms with E-state index >= 15 is 0 Å². The molecule has 1 rings (SSSR count). The van der Waals surface area contributed by atoms with E-state index in [1.54, 1.807) is 0 Å². The van der Waals surface area contributed by atoms with E-state index in [2.05, 4.69) is 5.32 Å². The summed E-state index contributed by atoms with van der Waals surface area (Å²) in [6, 6.07) is 4.00. The Morgan fingerprint density at radius 1 is 1.55 bits per heavy atom. The summed E-state index contributed by atoms with van der Waals surface area (Å²) in [7, 11) is 0. The second kappa shape index (κ2) is 7.44. The first-order chi connectivity index (χ1) is 9.45.